The van der Waals surface area contributed by atoms with E-state index in [2.05, 4.69) is 15.5 Å². The number of nitrogens with two attached hydrogens (primary N) is 1. The lowest BCUT2D eigenvalue weighted by atomic mass is 10.3. The van der Waals surface area contributed by atoms with Crippen LogP contribution in [0.15, 0.2) is 34.9 Å². The largest absolute Gasteiger partial charge is 0.486 e. The molecule has 0 atom stereocenters. The predicted octanol–water partition coefficient (Wildman–Crippen LogP) is 1.83. The first-order valence-corrected chi connectivity index (χ1v) is 6.89. The number of carbonyl (C=O) groups excluding carboxylic acids is 1. The van der Waals surface area contributed by atoms with Crippen molar-refractivity contribution < 1.29 is 14.7 Å². The van der Waals surface area contributed by atoms with Gasteiger partial charge in [0.1, 0.15) is 17.2 Å². The van der Waals surface area contributed by atoms with Gasteiger partial charge in [-0.2, -0.15) is 0 Å². The highest BCUT2D eigenvalue weighted by Crippen LogP contribution is 2.18. The Labute approximate surface area is 125 Å². The molecule has 2 aromatic rings. The number of amides is 1. The zero-order valence-electron chi connectivity index (χ0n) is 11.2. The first-order chi connectivity index (χ1) is 10.1. The number of benzene rings is 1. The molecule has 1 aromatic heterocycles. The maximum atomic E-state index is 12.0. The molecule has 1 amide bonds. The molecule has 0 saturated heterocycles. The van der Waals surface area contributed by atoms with Crippen LogP contribution in [0.2, 0.25) is 0 Å². The van der Waals surface area contributed by atoms with E-state index in [4.69, 9.17) is 15.7 Å². The predicted molar refractivity (Wildman–Crippen MR) is 80.2 cm³/mol. The number of anilines is 1. The van der Waals surface area contributed by atoms with Crippen molar-refractivity contribution in [2.24, 2.45) is 10.9 Å². The van der Waals surface area contributed by atoms with Gasteiger partial charge in [-0.1, -0.05) is 5.16 Å². The monoisotopic (exact) mass is 306 g/mol. The Morgan fingerprint density at radius 2 is 2.19 bits per heavy atom. The van der Waals surface area contributed by atoms with Crippen molar-refractivity contribution in [1.82, 2.24) is 4.98 Å². The van der Waals surface area contributed by atoms with E-state index in [-0.39, 0.29) is 18.3 Å². The Hall–Kier alpha value is -2.61. The minimum atomic E-state index is -0.194. The van der Waals surface area contributed by atoms with E-state index in [9.17, 15) is 4.79 Å². The summed E-state index contributed by atoms with van der Waals surface area (Å²) < 4.78 is 5.27. The third-order valence-electron chi connectivity index (χ3n) is 2.58. The Balaban J connectivity index is 1.96. The van der Waals surface area contributed by atoms with Crippen molar-refractivity contribution in [2.75, 3.05) is 11.9 Å². The van der Waals surface area contributed by atoms with E-state index in [0.717, 1.165) is 0 Å². The van der Waals surface area contributed by atoms with Gasteiger partial charge in [0, 0.05) is 5.69 Å². The van der Waals surface area contributed by atoms with Crippen LogP contribution in [0.3, 0.4) is 0 Å². The fraction of sp³-hybridized carbons (Fsp3) is 0.154. The number of hydrogen-bond acceptors (Lipinski definition) is 6. The molecule has 0 saturated carbocycles. The smallest absolute Gasteiger partial charge is 0.267 e. The zero-order chi connectivity index (χ0) is 15.2. The van der Waals surface area contributed by atoms with Gasteiger partial charge >= 0.3 is 0 Å². The quantitative estimate of drug-likeness (QED) is 0.338. The number of aryl methyl sites for hydroxylation is 1. The lowest BCUT2D eigenvalue weighted by Crippen LogP contribution is -2.20. The Bertz CT molecular complexity index is 652. The lowest BCUT2D eigenvalue weighted by Gasteiger charge is -2.07. The third kappa shape index (κ3) is 3.93. The minimum absolute atomic E-state index is 0.0116. The van der Waals surface area contributed by atoms with Crippen LogP contribution in [0.4, 0.5) is 5.69 Å². The standard InChI is InChI=1S/C13H14N4O3S/c1-8-12(21-7-15-8)13(18)16-9-2-4-10(5-3-9)20-6-11(14)17-19/h2-5,7,19H,6H2,1H3,(H2,14,17)(H,16,18). The molecule has 110 valence electrons. The van der Waals surface area contributed by atoms with Crippen LogP contribution in [0.25, 0.3) is 0 Å². The van der Waals surface area contributed by atoms with Crippen molar-refractivity contribution in [3.8, 4) is 5.75 Å². The zero-order valence-corrected chi connectivity index (χ0v) is 12.1. The van der Waals surface area contributed by atoms with Gasteiger partial charge in [0.05, 0.1) is 11.2 Å². The fourth-order valence-electron chi connectivity index (χ4n) is 1.53. The van der Waals surface area contributed by atoms with Crippen molar-refractivity contribution >= 4 is 28.8 Å². The molecule has 4 N–H and O–H groups in total. The molecule has 0 fully saturated rings. The summed E-state index contributed by atoms with van der Waals surface area (Å²) in [5, 5.41) is 14.0. The molecule has 0 aliphatic heterocycles. The molecule has 8 heteroatoms. The van der Waals surface area contributed by atoms with Crippen LogP contribution < -0.4 is 15.8 Å². The summed E-state index contributed by atoms with van der Waals surface area (Å²) in [6, 6.07) is 6.77. The summed E-state index contributed by atoms with van der Waals surface area (Å²) in [6.07, 6.45) is 0. The summed E-state index contributed by atoms with van der Waals surface area (Å²) >= 11 is 1.30. The van der Waals surface area contributed by atoms with Gasteiger partial charge < -0.3 is 21.0 Å². The van der Waals surface area contributed by atoms with E-state index < -0.39 is 0 Å². The normalized spacial score (nSPS) is 11.2. The molecule has 0 aliphatic rings. The molecule has 0 radical (unpaired) electrons. The Morgan fingerprint density at radius 1 is 1.48 bits per heavy atom. The van der Waals surface area contributed by atoms with Gasteiger partial charge in [0.2, 0.25) is 0 Å². The highest BCUT2D eigenvalue weighted by atomic mass is 32.1. The average Bonchev–Trinajstić information content (AvgIpc) is 2.92. The fourth-order valence-corrected chi connectivity index (χ4v) is 2.23. The highest BCUT2D eigenvalue weighted by molar-refractivity contribution is 7.12. The van der Waals surface area contributed by atoms with Gasteiger partial charge in [-0.05, 0) is 31.2 Å². The highest BCUT2D eigenvalue weighted by Gasteiger charge is 2.11. The maximum absolute atomic E-state index is 12.0. The second kappa shape index (κ2) is 6.71. The molecule has 2 rings (SSSR count). The number of aromatic nitrogens is 1. The number of nitrogens with zero attached hydrogens (tertiary/aromatic N) is 2. The summed E-state index contributed by atoms with van der Waals surface area (Å²) in [6.45, 7) is 1.78. The number of amidine groups is 1. The second-order valence-corrected chi connectivity index (χ2v) is 4.98. The molecular weight excluding hydrogens is 292 g/mol. The molecule has 1 heterocycles. The van der Waals surface area contributed by atoms with Crippen LogP contribution in [0, 0.1) is 6.92 Å². The van der Waals surface area contributed by atoms with Crippen molar-refractivity contribution in [3.05, 3.63) is 40.3 Å². The van der Waals surface area contributed by atoms with Gasteiger partial charge in [-0.15, -0.1) is 11.3 Å². The van der Waals surface area contributed by atoms with Crippen LogP contribution in [-0.2, 0) is 0 Å². The van der Waals surface area contributed by atoms with Crippen molar-refractivity contribution in [1.29, 1.82) is 0 Å². The van der Waals surface area contributed by atoms with E-state index >= 15 is 0 Å². The Kier molecular flexibility index (Phi) is 4.72. The topological polar surface area (TPSA) is 110 Å². The Morgan fingerprint density at radius 3 is 2.76 bits per heavy atom. The SMILES string of the molecule is Cc1ncsc1C(=O)Nc1ccc(OC/C(N)=N/O)cc1. The summed E-state index contributed by atoms with van der Waals surface area (Å²) in [5.74, 6) is 0.335. The van der Waals surface area contributed by atoms with E-state index in [1.165, 1.54) is 11.3 Å². The molecule has 21 heavy (non-hydrogen) atoms. The van der Waals surface area contributed by atoms with Crippen molar-refractivity contribution in [2.45, 2.75) is 6.92 Å². The van der Waals surface area contributed by atoms with E-state index in [0.29, 0.717) is 22.0 Å². The molecule has 0 bridgehead atoms. The number of nitrogens with one attached hydrogen (secondary N) is 1. The van der Waals surface area contributed by atoms with E-state index in [1.807, 2.05) is 0 Å². The maximum Gasteiger partial charge on any atom is 0.267 e. The van der Waals surface area contributed by atoms with Gasteiger partial charge in [-0.3, -0.25) is 4.79 Å². The molecule has 1 aromatic carbocycles. The number of hydrogen-bond donors (Lipinski definition) is 3. The number of oxime groups is 1. The number of ether oxygens (including phenoxy) is 1. The molecule has 0 aliphatic carbocycles. The molecule has 0 unspecified atom stereocenters. The number of carbonyl (C=O) groups is 1. The molecular formula is C13H14N4O3S. The van der Waals surface area contributed by atoms with Crippen LogP contribution in [0.5, 0.6) is 5.75 Å². The summed E-state index contributed by atoms with van der Waals surface area (Å²) in [7, 11) is 0. The molecule has 7 nitrogen and oxygen atoms in total. The van der Waals surface area contributed by atoms with Crippen LogP contribution >= 0.6 is 11.3 Å². The molecule has 0 spiro atoms. The summed E-state index contributed by atoms with van der Waals surface area (Å²) in [4.78, 5) is 16.6. The lowest BCUT2D eigenvalue weighted by molar-refractivity contribution is 0.103. The second-order valence-electron chi connectivity index (χ2n) is 4.13. The third-order valence-corrected chi connectivity index (χ3v) is 3.51. The van der Waals surface area contributed by atoms with Gasteiger partial charge in [0.25, 0.3) is 5.91 Å². The van der Waals surface area contributed by atoms with Gasteiger partial charge in [0.15, 0.2) is 5.84 Å². The number of rotatable bonds is 5. The first-order valence-electron chi connectivity index (χ1n) is 6.01. The minimum Gasteiger partial charge on any atom is -0.486 e. The van der Waals surface area contributed by atoms with Crippen molar-refractivity contribution in [3.63, 3.8) is 0 Å². The first kappa shape index (κ1) is 14.8. The van der Waals surface area contributed by atoms with E-state index in [1.54, 1.807) is 36.7 Å². The average molecular weight is 306 g/mol. The summed E-state index contributed by atoms with van der Waals surface area (Å²) in [5.41, 5.74) is 8.28. The van der Waals surface area contributed by atoms with Gasteiger partial charge in [-0.25, -0.2) is 4.98 Å². The number of thiazole rings is 1. The van der Waals surface area contributed by atoms with Crippen LogP contribution in [-0.4, -0.2) is 28.5 Å². The van der Waals surface area contributed by atoms with Crippen LogP contribution in [0.1, 0.15) is 15.4 Å².